The minimum absolute atomic E-state index is 0.103. The molecular formula is C17H26N2O. The number of piperidine rings is 1. The smallest absolute Gasteiger partial charge is 0.225 e. The molecule has 0 radical (unpaired) electrons. The van der Waals surface area contributed by atoms with E-state index in [0.29, 0.717) is 12.5 Å². The lowest BCUT2D eigenvalue weighted by molar-refractivity contribution is -0.116. The summed E-state index contributed by atoms with van der Waals surface area (Å²) < 4.78 is 0. The van der Waals surface area contributed by atoms with E-state index in [0.717, 1.165) is 18.7 Å². The number of nitrogens with one attached hydrogen (secondary N) is 2. The van der Waals surface area contributed by atoms with E-state index in [2.05, 4.69) is 43.5 Å². The van der Waals surface area contributed by atoms with Crippen LogP contribution in [0.1, 0.15) is 52.0 Å². The Labute approximate surface area is 122 Å². The molecule has 0 spiro atoms. The molecule has 1 heterocycles. The normalized spacial score (nSPS) is 19.6. The van der Waals surface area contributed by atoms with E-state index in [-0.39, 0.29) is 11.3 Å². The van der Waals surface area contributed by atoms with Gasteiger partial charge in [-0.05, 0) is 42.5 Å². The number of anilines is 1. The molecule has 20 heavy (non-hydrogen) atoms. The van der Waals surface area contributed by atoms with E-state index in [9.17, 15) is 4.79 Å². The van der Waals surface area contributed by atoms with Crippen LogP contribution in [0.2, 0.25) is 0 Å². The van der Waals surface area contributed by atoms with E-state index in [1.807, 2.05) is 12.1 Å². The first-order valence-electron chi connectivity index (χ1n) is 7.59. The van der Waals surface area contributed by atoms with Crippen molar-refractivity contribution in [3.05, 3.63) is 29.8 Å². The third-order valence-electron chi connectivity index (χ3n) is 3.86. The second kappa shape index (κ2) is 6.40. The molecule has 2 N–H and O–H groups in total. The van der Waals surface area contributed by atoms with Crippen molar-refractivity contribution >= 4 is 11.6 Å². The highest BCUT2D eigenvalue weighted by Gasteiger charge is 2.17. The van der Waals surface area contributed by atoms with Crippen LogP contribution in [0.5, 0.6) is 0 Å². The average molecular weight is 274 g/mol. The third-order valence-corrected chi connectivity index (χ3v) is 3.86. The Morgan fingerprint density at radius 3 is 2.80 bits per heavy atom. The Kier molecular flexibility index (Phi) is 4.81. The summed E-state index contributed by atoms with van der Waals surface area (Å²) in [6.45, 7) is 7.58. The van der Waals surface area contributed by atoms with Gasteiger partial charge in [0.15, 0.2) is 0 Å². The number of hydrogen-bond acceptors (Lipinski definition) is 2. The van der Waals surface area contributed by atoms with Crippen molar-refractivity contribution in [1.29, 1.82) is 0 Å². The summed E-state index contributed by atoms with van der Waals surface area (Å²) in [6, 6.07) is 8.50. The molecule has 2 rings (SSSR count). The molecule has 1 fully saturated rings. The fourth-order valence-electron chi connectivity index (χ4n) is 2.60. The van der Waals surface area contributed by atoms with Crippen molar-refractivity contribution in [2.45, 2.75) is 57.9 Å². The summed E-state index contributed by atoms with van der Waals surface area (Å²) in [5.41, 5.74) is 2.25. The fourth-order valence-corrected chi connectivity index (χ4v) is 2.60. The summed E-state index contributed by atoms with van der Waals surface area (Å²) in [6.07, 6.45) is 4.13. The van der Waals surface area contributed by atoms with Gasteiger partial charge < -0.3 is 10.6 Å². The van der Waals surface area contributed by atoms with Gasteiger partial charge in [0.1, 0.15) is 0 Å². The first-order valence-corrected chi connectivity index (χ1v) is 7.59. The first-order chi connectivity index (χ1) is 9.45. The second-order valence-corrected chi connectivity index (χ2v) is 6.73. The van der Waals surface area contributed by atoms with Crippen LogP contribution in [0.3, 0.4) is 0 Å². The lowest BCUT2D eigenvalue weighted by Crippen LogP contribution is -2.36. The summed E-state index contributed by atoms with van der Waals surface area (Å²) in [5.74, 6) is 0.107. The molecule has 0 saturated carbocycles. The minimum atomic E-state index is 0.103. The zero-order valence-corrected chi connectivity index (χ0v) is 12.8. The van der Waals surface area contributed by atoms with Gasteiger partial charge in [0.25, 0.3) is 0 Å². The molecule has 1 aliphatic rings. The maximum absolute atomic E-state index is 12.1. The van der Waals surface area contributed by atoms with Crippen LogP contribution in [0.25, 0.3) is 0 Å². The van der Waals surface area contributed by atoms with E-state index in [1.165, 1.54) is 18.4 Å². The van der Waals surface area contributed by atoms with Crippen LogP contribution < -0.4 is 10.6 Å². The Balaban J connectivity index is 1.93. The predicted molar refractivity (Wildman–Crippen MR) is 84.0 cm³/mol. The van der Waals surface area contributed by atoms with Crippen molar-refractivity contribution in [3.63, 3.8) is 0 Å². The van der Waals surface area contributed by atoms with Crippen LogP contribution in [-0.4, -0.2) is 18.5 Å². The second-order valence-electron chi connectivity index (χ2n) is 6.73. The van der Waals surface area contributed by atoms with E-state index >= 15 is 0 Å². The van der Waals surface area contributed by atoms with Crippen molar-refractivity contribution in [2.75, 3.05) is 11.9 Å². The summed E-state index contributed by atoms with van der Waals surface area (Å²) in [5, 5.41) is 6.43. The SMILES string of the molecule is CC(C)(C)c1cccc(NC(=O)CC2CCCCN2)c1. The lowest BCUT2D eigenvalue weighted by atomic mass is 9.87. The van der Waals surface area contributed by atoms with E-state index < -0.39 is 0 Å². The van der Waals surface area contributed by atoms with Crippen LogP contribution in [0.15, 0.2) is 24.3 Å². The Hall–Kier alpha value is -1.35. The van der Waals surface area contributed by atoms with E-state index in [1.54, 1.807) is 0 Å². The first kappa shape index (κ1) is 15.0. The van der Waals surface area contributed by atoms with Gasteiger partial charge in [0.2, 0.25) is 5.91 Å². The molecule has 1 aromatic carbocycles. The molecular weight excluding hydrogens is 248 g/mol. The predicted octanol–water partition coefficient (Wildman–Crippen LogP) is 3.45. The number of amides is 1. The highest BCUT2D eigenvalue weighted by molar-refractivity contribution is 5.91. The van der Waals surface area contributed by atoms with Crippen LogP contribution in [0, 0.1) is 0 Å². The fraction of sp³-hybridized carbons (Fsp3) is 0.588. The van der Waals surface area contributed by atoms with Crippen molar-refractivity contribution in [2.24, 2.45) is 0 Å². The maximum atomic E-state index is 12.1. The summed E-state index contributed by atoms with van der Waals surface area (Å²) in [7, 11) is 0. The van der Waals surface area contributed by atoms with Crippen molar-refractivity contribution in [3.8, 4) is 0 Å². The quantitative estimate of drug-likeness (QED) is 0.886. The molecule has 0 aromatic heterocycles. The Bertz CT molecular complexity index is 456. The molecule has 1 unspecified atom stereocenters. The lowest BCUT2D eigenvalue weighted by Gasteiger charge is -2.23. The van der Waals surface area contributed by atoms with Crippen LogP contribution >= 0.6 is 0 Å². The number of benzene rings is 1. The Morgan fingerprint density at radius 1 is 1.35 bits per heavy atom. The van der Waals surface area contributed by atoms with Crippen LogP contribution in [0.4, 0.5) is 5.69 Å². The van der Waals surface area contributed by atoms with Gasteiger partial charge >= 0.3 is 0 Å². The van der Waals surface area contributed by atoms with E-state index in [4.69, 9.17) is 0 Å². The molecule has 1 amide bonds. The maximum Gasteiger partial charge on any atom is 0.225 e. The molecule has 1 aromatic rings. The van der Waals surface area contributed by atoms with Crippen molar-refractivity contribution in [1.82, 2.24) is 5.32 Å². The van der Waals surface area contributed by atoms with Crippen molar-refractivity contribution < 1.29 is 4.79 Å². The summed E-state index contributed by atoms with van der Waals surface area (Å²) in [4.78, 5) is 12.1. The standard InChI is InChI=1S/C17H26N2O/c1-17(2,3)13-7-6-9-15(11-13)19-16(20)12-14-8-4-5-10-18-14/h6-7,9,11,14,18H,4-5,8,10,12H2,1-3H3,(H,19,20). The molecule has 1 aliphatic heterocycles. The molecule has 1 atom stereocenters. The molecule has 1 saturated heterocycles. The van der Waals surface area contributed by atoms with Gasteiger partial charge in [-0.3, -0.25) is 4.79 Å². The molecule has 3 nitrogen and oxygen atoms in total. The van der Waals surface area contributed by atoms with Gasteiger partial charge in [-0.1, -0.05) is 39.3 Å². The number of rotatable bonds is 3. The zero-order valence-electron chi connectivity index (χ0n) is 12.8. The van der Waals surface area contributed by atoms with Gasteiger partial charge in [-0.2, -0.15) is 0 Å². The molecule has 3 heteroatoms. The monoisotopic (exact) mass is 274 g/mol. The van der Waals surface area contributed by atoms with Gasteiger partial charge in [0, 0.05) is 18.2 Å². The third kappa shape index (κ3) is 4.34. The largest absolute Gasteiger partial charge is 0.326 e. The summed E-state index contributed by atoms with van der Waals surface area (Å²) >= 11 is 0. The molecule has 0 aliphatic carbocycles. The van der Waals surface area contributed by atoms with Crippen LogP contribution in [-0.2, 0) is 10.2 Å². The molecule has 110 valence electrons. The number of carbonyl (C=O) groups excluding carboxylic acids is 1. The Morgan fingerprint density at radius 2 is 2.15 bits per heavy atom. The highest BCUT2D eigenvalue weighted by atomic mass is 16.1. The minimum Gasteiger partial charge on any atom is -0.326 e. The van der Waals surface area contributed by atoms with Gasteiger partial charge in [-0.25, -0.2) is 0 Å². The van der Waals surface area contributed by atoms with Gasteiger partial charge in [0.05, 0.1) is 0 Å². The molecule has 0 bridgehead atoms. The number of hydrogen-bond donors (Lipinski definition) is 2. The topological polar surface area (TPSA) is 41.1 Å². The zero-order chi connectivity index (χ0) is 14.6. The van der Waals surface area contributed by atoms with Gasteiger partial charge in [-0.15, -0.1) is 0 Å². The highest BCUT2D eigenvalue weighted by Crippen LogP contribution is 2.24. The average Bonchev–Trinajstić information content (AvgIpc) is 2.39. The number of carbonyl (C=O) groups is 1.